The molecule has 1 aromatic carbocycles. The molecule has 3 aromatic rings. The first-order chi connectivity index (χ1) is 9.58. The third-order valence-electron chi connectivity index (χ3n) is 3.27. The van der Waals surface area contributed by atoms with Crippen molar-refractivity contribution in [2.45, 2.75) is 19.9 Å². The van der Waals surface area contributed by atoms with Gasteiger partial charge in [-0.1, -0.05) is 0 Å². The van der Waals surface area contributed by atoms with Gasteiger partial charge in [0.2, 0.25) is 0 Å². The number of fused-ring (bicyclic) bond motifs is 1. The molecule has 0 saturated carbocycles. The van der Waals surface area contributed by atoms with Gasteiger partial charge in [-0.2, -0.15) is 0 Å². The lowest BCUT2D eigenvalue weighted by molar-refractivity contribution is 0.493. The number of rotatable bonds is 3. The Bertz CT molecular complexity index is 762. The topological polar surface area (TPSA) is 38.1 Å². The highest BCUT2D eigenvalue weighted by Gasteiger charge is 2.21. The van der Waals surface area contributed by atoms with E-state index in [2.05, 4.69) is 10.3 Å². The Kier molecular flexibility index (Phi) is 3.31. The Balaban J connectivity index is 2.09. The molecule has 1 N–H and O–H groups in total. The summed E-state index contributed by atoms with van der Waals surface area (Å²) in [4.78, 5) is 5.58. The molecule has 0 radical (unpaired) electrons. The Hall–Kier alpha value is -1.72. The van der Waals surface area contributed by atoms with Gasteiger partial charge in [-0.15, -0.1) is 11.3 Å². The van der Waals surface area contributed by atoms with Gasteiger partial charge in [0, 0.05) is 5.39 Å². The lowest BCUT2D eigenvalue weighted by Crippen LogP contribution is -2.16. The van der Waals surface area contributed by atoms with E-state index in [1.807, 2.05) is 27.0 Å². The lowest BCUT2D eigenvalue weighted by atomic mass is 10.1. The standard InChI is InChI=1S/C15H15FN2OS/c1-8-15(20-9(2)18-8)14(17-3)13-7-10-6-11(16)4-5-12(10)19-13/h4-7,14,17H,1-3H3. The average molecular weight is 290 g/mol. The zero-order chi connectivity index (χ0) is 14.3. The van der Waals surface area contributed by atoms with E-state index in [0.29, 0.717) is 5.58 Å². The van der Waals surface area contributed by atoms with Crippen LogP contribution in [0.4, 0.5) is 4.39 Å². The molecule has 0 aliphatic rings. The predicted molar refractivity (Wildman–Crippen MR) is 78.7 cm³/mol. The van der Waals surface area contributed by atoms with E-state index in [9.17, 15) is 4.39 Å². The number of aromatic nitrogens is 1. The van der Waals surface area contributed by atoms with E-state index >= 15 is 0 Å². The van der Waals surface area contributed by atoms with Crippen LogP contribution >= 0.6 is 11.3 Å². The van der Waals surface area contributed by atoms with E-state index in [0.717, 1.165) is 26.7 Å². The van der Waals surface area contributed by atoms with Crippen LogP contribution < -0.4 is 5.32 Å². The van der Waals surface area contributed by atoms with Crippen molar-refractivity contribution in [3.05, 3.63) is 51.4 Å². The Morgan fingerprint density at radius 3 is 2.75 bits per heavy atom. The molecular formula is C15H15FN2OS. The molecule has 0 bridgehead atoms. The van der Waals surface area contributed by atoms with Gasteiger partial charge < -0.3 is 9.73 Å². The van der Waals surface area contributed by atoms with E-state index < -0.39 is 0 Å². The molecule has 0 aliphatic carbocycles. The maximum absolute atomic E-state index is 13.3. The third-order valence-corrected chi connectivity index (χ3v) is 4.41. The van der Waals surface area contributed by atoms with Crippen molar-refractivity contribution in [1.82, 2.24) is 10.3 Å². The highest BCUT2D eigenvalue weighted by molar-refractivity contribution is 7.11. The molecule has 3 nitrogen and oxygen atoms in total. The maximum Gasteiger partial charge on any atom is 0.134 e. The van der Waals surface area contributed by atoms with E-state index in [4.69, 9.17) is 4.42 Å². The molecule has 20 heavy (non-hydrogen) atoms. The van der Waals surface area contributed by atoms with Crippen molar-refractivity contribution in [2.75, 3.05) is 7.05 Å². The molecule has 2 aromatic heterocycles. The number of nitrogens with one attached hydrogen (secondary N) is 1. The van der Waals surface area contributed by atoms with Gasteiger partial charge in [0.25, 0.3) is 0 Å². The van der Waals surface area contributed by atoms with Crippen molar-refractivity contribution in [3.8, 4) is 0 Å². The Morgan fingerprint density at radius 1 is 1.30 bits per heavy atom. The number of aryl methyl sites for hydroxylation is 2. The quantitative estimate of drug-likeness (QED) is 0.793. The summed E-state index contributed by atoms with van der Waals surface area (Å²) in [6.07, 6.45) is 0. The van der Waals surface area contributed by atoms with Crippen LogP contribution in [0.15, 0.2) is 28.7 Å². The molecule has 1 unspecified atom stereocenters. The second-order valence-electron chi connectivity index (χ2n) is 4.74. The SMILES string of the molecule is CNC(c1cc2cc(F)ccc2o1)c1sc(C)nc1C. The molecule has 0 saturated heterocycles. The van der Waals surface area contributed by atoms with Crippen molar-refractivity contribution >= 4 is 22.3 Å². The summed E-state index contributed by atoms with van der Waals surface area (Å²) in [5.41, 5.74) is 1.69. The van der Waals surface area contributed by atoms with Crippen LogP contribution in [0.5, 0.6) is 0 Å². The van der Waals surface area contributed by atoms with Gasteiger partial charge in [-0.05, 0) is 45.2 Å². The third kappa shape index (κ3) is 2.23. The van der Waals surface area contributed by atoms with Crippen molar-refractivity contribution < 1.29 is 8.81 Å². The summed E-state index contributed by atoms with van der Waals surface area (Å²) in [6, 6.07) is 6.38. The Labute approximate surface area is 120 Å². The molecule has 0 fully saturated rings. The number of hydrogen-bond donors (Lipinski definition) is 1. The molecule has 0 aliphatic heterocycles. The lowest BCUT2D eigenvalue weighted by Gasteiger charge is -2.11. The fourth-order valence-corrected chi connectivity index (χ4v) is 3.44. The smallest absolute Gasteiger partial charge is 0.134 e. The molecule has 0 spiro atoms. The second-order valence-corrected chi connectivity index (χ2v) is 5.97. The first-order valence-electron chi connectivity index (χ1n) is 6.38. The summed E-state index contributed by atoms with van der Waals surface area (Å²) in [5.74, 6) is 0.524. The fraction of sp³-hybridized carbons (Fsp3) is 0.267. The highest BCUT2D eigenvalue weighted by atomic mass is 32.1. The van der Waals surface area contributed by atoms with Gasteiger partial charge in [0.1, 0.15) is 23.2 Å². The molecule has 104 valence electrons. The first kappa shape index (κ1) is 13.3. The van der Waals surface area contributed by atoms with Crippen LogP contribution in [-0.2, 0) is 0 Å². The summed E-state index contributed by atoms with van der Waals surface area (Å²) in [7, 11) is 1.88. The fourth-order valence-electron chi connectivity index (χ4n) is 2.39. The van der Waals surface area contributed by atoms with Gasteiger partial charge in [-0.25, -0.2) is 9.37 Å². The predicted octanol–water partition coefficient (Wildman–Crippen LogP) is 3.95. The van der Waals surface area contributed by atoms with Crippen molar-refractivity contribution in [2.24, 2.45) is 0 Å². The van der Waals surface area contributed by atoms with E-state index in [-0.39, 0.29) is 11.9 Å². The maximum atomic E-state index is 13.3. The zero-order valence-corrected chi connectivity index (χ0v) is 12.3. The number of benzene rings is 1. The molecule has 0 amide bonds. The minimum Gasteiger partial charge on any atom is -0.459 e. The molecule has 2 heterocycles. The molecule has 3 rings (SSSR count). The normalized spacial score (nSPS) is 13.0. The molecule has 5 heteroatoms. The zero-order valence-electron chi connectivity index (χ0n) is 11.5. The highest BCUT2D eigenvalue weighted by Crippen LogP contribution is 2.33. The number of halogens is 1. The van der Waals surface area contributed by atoms with Gasteiger partial charge in [0.15, 0.2) is 0 Å². The molecule has 1 atom stereocenters. The number of hydrogen-bond acceptors (Lipinski definition) is 4. The minimum absolute atomic E-state index is 0.0586. The van der Waals surface area contributed by atoms with Crippen LogP contribution in [0.2, 0.25) is 0 Å². The van der Waals surface area contributed by atoms with Gasteiger partial charge in [-0.3, -0.25) is 0 Å². The monoisotopic (exact) mass is 290 g/mol. The minimum atomic E-state index is -0.254. The Morgan fingerprint density at radius 2 is 2.10 bits per heavy atom. The summed E-state index contributed by atoms with van der Waals surface area (Å²) >= 11 is 1.65. The first-order valence-corrected chi connectivity index (χ1v) is 7.20. The largest absolute Gasteiger partial charge is 0.459 e. The van der Waals surface area contributed by atoms with Crippen LogP contribution in [0.3, 0.4) is 0 Å². The van der Waals surface area contributed by atoms with E-state index in [1.54, 1.807) is 17.4 Å². The summed E-state index contributed by atoms with van der Waals surface area (Å²) in [6.45, 7) is 3.98. The van der Waals surface area contributed by atoms with Crippen LogP contribution in [-0.4, -0.2) is 12.0 Å². The number of furan rings is 1. The van der Waals surface area contributed by atoms with Crippen LogP contribution in [0, 0.1) is 19.7 Å². The van der Waals surface area contributed by atoms with Gasteiger partial charge in [0.05, 0.1) is 15.6 Å². The average Bonchev–Trinajstić information content (AvgIpc) is 2.94. The van der Waals surface area contributed by atoms with Crippen LogP contribution in [0.25, 0.3) is 11.0 Å². The van der Waals surface area contributed by atoms with Crippen molar-refractivity contribution in [1.29, 1.82) is 0 Å². The second kappa shape index (κ2) is 5.00. The van der Waals surface area contributed by atoms with Crippen molar-refractivity contribution in [3.63, 3.8) is 0 Å². The number of thiazole rings is 1. The molecular weight excluding hydrogens is 275 g/mol. The van der Waals surface area contributed by atoms with Crippen LogP contribution in [0.1, 0.15) is 27.4 Å². The van der Waals surface area contributed by atoms with E-state index in [1.165, 1.54) is 12.1 Å². The van der Waals surface area contributed by atoms with Gasteiger partial charge >= 0.3 is 0 Å². The number of nitrogens with zero attached hydrogens (tertiary/aromatic N) is 1. The summed E-state index contributed by atoms with van der Waals surface area (Å²) in [5, 5.41) is 5.05. The summed E-state index contributed by atoms with van der Waals surface area (Å²) < 4.78 is 19.1.